The van der Waals surface area contributed by atoms with E-state index in [0.717, 1.165) is 16.0 Å². The van der Waals surface area contributed by atoms with E-state index in [4.69, 9.17) is 5.73 Å². The number of anilines is 1. The van der Waals surface area contributed by atoms with E-state index in [1.165, 1.54) is 0 Å². The number of aromatic nitrogens is 1. The van der Waals surface area contributed by atoms with E-state index >= 15 is 0 Å². The predicted molar refractivity (Wildman–Crippen MR) is 73.5 cm³/mol. The van der Waals surface area contributed by atoms with Crippen LogP contribution >= 0.6 is 0 Å². The molecule has 88 valence electrons. The summed E-state index contributed by atoms with van der Waals surface area (Å²) in [6.07, 6.45) is 4.94. The van der Waals surface area contributed by atoms with Crippen LogP contribution in [0, 0.1) is 0 Å². The molecule has 0 radical (unpaired) electrons. The molecule has 1 aromatic carbocycles. The van der Waals surface area contributed by atoms with E-state index in [-0.39, 0.29) is 0 Å². The predicted octanol–water partition coefficient (Wildman–Crippen LogP) is 2.04. The minimum atomic E-state index is -2.16. The molecule has 1 aromatic heterocycles. The maximum atomic E-state index is 11.8. The molecule has 0 fully saturated rings. The maximum absolute atomic E-state index is 11.8. The van der Waals surface area contributed by atoms with Crippen molar-refractivity contribution >= 4 is 21.1 Å². The Labute approximate surface area is 101 Å². The van der Waals surface area contributed by atoms with Crippen LogP contribution in [0.1, 0.15) is 0 Å². The van der Waals surface area contributed by atoms with Gasteiger partial charge in [0.2, 0.25) is 0 Å². The SMILES string of the molecule is C=S(C)(=O)c1ccc(-c2ccncc2N)cc1. The number of benzene rings is 1. The summed E-state index contributed by atoms with van der Waals surface area (Å²) in [5.74, 6) is 3.65. The first-order chi connectivity index (χ1) is 7.98. The van der Waals surface area contributed by atoms with Gasteiger partial charge in [0.25, 0.3) is 0 Å². The van der Waals surface area contributed by atoms with E-state index in [1.54, 1.807) is 18.6 Å². The van der Waals surface area contributed by atoms with Crippen molar-refractivity contribution in [2.75, 3.05) is 12.0 Å². The third-order valence-corrected chi connectivity index (χ3v) is 3.79. The van der Waals surface area contributed by atoms with Crippen LogP contribution in [0.3, 0.4) is 0 Å². The number of pyridine rings is 1. The highest BCUT2D eigenvalue weighted by molar-refractivity contribution is 7.99. The number of hydrogen-bond acceptors (Lipinski definition) is 3. The molecule has 2 N–H and O–H groups in total. The van der Waals surface area contributed by atoms with Crippen LogP contribution in [0.5, 0.6) is 0 Å². The van der Waals surface area contributed by atoms with E-state index in [1.807, 2.05) is 30.3 Å². The molecule has 0 saturated heterocycles. The third-order valence-electron chi connectivity index (χ3n) is 2.52. The Hall–Kier alpha value is -1.81. The Morgan fingerprint density at radius 2 is 1.88 bits per heavy atom. The fraction of sp³-hybridized carbons (Fsp3) is 0.0769. The molecule has 1 heterocycles. The lowest BCUT2D eigenvalue weighted by atomic mass is 10.1. The van der Waals surface area contributed by atoms with Gasteiger partial charge < -0.3 is 5.73 Å². The second-order valence-electron chi connectivity index (χ2n) is 3.99. The largest absolute Gasteiger partial charge is 0.397 e. The second-order valence-corrected chi connectivity index (χ2v) is 6.47. The summed E-state index contributed by atoms with van der Waals surface area (Å²) in [5.41, 5.74) is 8.39. The lowest BCUT2D eigenvalue weighted by molar-refractivity contribution is 0.685. The Balaban J connectivity index is 2.47. The monoisotopic (exact) mass is 246 g/mol. The summed E-state index contributed by atoms with van der Waals surface area (Å²) in [4.78, 5) is 4.69. The van der Waals surface area contributed by atoms with Gasteiger partial charge in [0.15, 0.2) is 0 Å². The molecular weight excluding hydrogens is 232 g/mol. The molecule has 0 spiro atoms. The number of nitrogens with zero attached hydrogens (tertiary/aromatic N) is 1. The smallest absolute Gasteiger partial charge is 0.0580 e. The summed E-state index contributed by atoms with van der Waals surface area (Å²) in [7, 11) is -2.16. The minimum Gasteiger partial charge on any atom is -0.397 e. The van der Waals surface area contributed by atoms with E-state index in [0.29, 0.717) is 5.69 Å². The van der Waals surface area contributed by atoms with Gasteiger partial charge in [0, 0.05) is 22.9 Å². The maximum Gasteiger partial charge on any atom is 0.0580 e. The number of hydrogen-bond donors (Lipinski definition) is 1. The summed E-state index contributed by atoms with van der Waals surface area (Å²) in [5, 5.41) is 0. The molecule has 0 aliphatic rings. The van der Waals surface area contributed by atoms with Gasteiger partial charge in [-0.05, 0) is 39.2 Å². The quantitative estimate of drug-likeness (QED) is 0.825. The normalized spacial score (nSPS) is 14.2. The zero-order chi connectivity index (χ0) is 12.5. The first-order valence-electron chi connectivity index (χ1n) is 5.10. The molecule has 1 atom stereocenters. The van der Waals surface area contributed by atoms with E-state index in [2.05, 4.69) is 10.9 Å². The van der Waals surface area contributed by atoms with Gasteiger partial charge in [-0.3, -0.25) is 9.19 Å². The van der Waals surface area contributed by atoms with Crippen molar-refractivity contribution in [3.63, 3.8) is 0 Å². The second kappa shape index (κ2) is 4.22. The molecular formula is C13H14N2OS. The number of nitrogens with two attached hydrogens (primary N) is 1. The van der Waals surface area contributed by atoms with Crippen molar-refractivity contribution < 1.29 is 4.21 Å². The first-order valence-corrected chi connectivity index (χ1v) is 7.24. The highest BCUT2D eigenvalue weighted by Crippen LogP contribution is 2.25. The van der Waals surface area contributed by atoms with Crippen molar-refractivity contribution in [2.45, 2.75) is 4.90 Å². The van der Waals surface area contributed by atoms with Crippen molar-refractivity contribution in [1.82, 2.24) is 4.98 Å². The number of nitrogen functional groups attached to an aromatic ring is 1. The molecule has 2 rings (SSSR count). The first kappa shape index (κ1) is 11.7. The molecule has 1 unspecified atom stereocenters. The zero-order valence-electron chi connectivity index (χ0n) is 9.59. The van der Waals surface area contributed by atoms with Gasteiger partial charge in [-0.1, -0.05) is 12.1 Å². The Morgan fingerprint density at radius 1 is 1.24 bits per heavy atom. The molecule has 0 aliphatic carbocycles. The van der Waals surface area contributed by atoms with Crippen LogP contribution in [0.15, 0.2) is 47.6 Å². The number of rotatable bonds is 2. The topological polar surface area (TPSA) is 56.0 Å². The molecule has 0 saturated carbocycles. The van der Waals surface area contributed by atoms with Crippen LogP contribution in [-0.4, -0.2) is 21.3 Å². The average molecular weight is 246 g/mol. The van der Waals surface area contributed by atoms with Gasteiger partial charge >= 0.3 is 0 Å². The van der Waals surface area contributed by atoms with E-state index in [9.17, 15) is 4.21 Å². The Kier molecular flexibility index (Phi) is 2.90. The third kappa shape index (κ3) is 2.47. The lowest BCUT2D eigenvalue weighted by Gasteiger charge is -2.07. The summed E-state index contributed by atoms with van der Waals surface area (Å²) in [6, 6.07) is 9.30. The summed E-state index contributed by atoms with van der Waals surface area (Å²) < 4.78 is 11.8. The summed E-state index contributed by atoms with van der Waals surface area (Å²) in [6.45, 7) is 0. The van der Waals surface area contributed by atoms with Crippen molar-refractivity contribution in [1.29, 1.82) is 0 Å². The van der Waals surface area contributed by atoms with Gasteiger partial charge in [0.1, 0.15) is 0 Å². The molecule has 0 bridgehead atoms. The van der Waals surface area contributed by atoms with Crippen LogP contribution in [0.25, 0.3) is 11.1 Å². The Morgan fingerprint density at radius 3 is 2.41 bits per heavy atom. The van der Waals surface area contributed by atoms with Crippen LogP contribution < -0.4 is 5.73 Å². The fourth-order valence-electron chi connectivity index (χ4n) is 1.59. The van der Waals surface area contributed by atoms with Gasteiger partial charge in [-0.25, -0.2) is 0 Å². The highest BCUT2D eigenvalue weighted by atomic mass is 32.2. The van der Waals surface area contributed by atoms with E-state index < -0.39 is 9.52 Å². The summed E-state index contributed by atoms with van der Waals surface area (Å²) >= 11 is 0. The molecule has 0 amide bonds. The molecule has 3 nitrogen and oxygen atoms in total. The van der Waals surface area contributed by atoms with Gasteiger partial charge in [-0.2, -0.15) is 0 Å². The standard InChI is InChI=1S/C13H14N2OS/c1-17(2,16)11-5-3-10(4-6-11)12-7-8-15-9-13(12)14/h3-9H,1,14H2,2H3. The van der Waals surface area contributed by atoms with Crippen molar-refractivity contribution in [2.24, 2.45) is 0 Å². The molecule has 17 heavy (non-hydrogen) atoms. The molecule has 4 heteroatoms. The lowest BCUT2D eigenvalue weighted by Crippen LogP contribution is -1.96. The highest BCUT2D eigenvalue weighted by Gasteiger charge is 2.04. The van der Waals surface area contributed by atoms with Crippen LogP contribution in [-0.2, 0) is 9.52 Å². The fourth-order valence-corrected chi connectivity index (χ4v) is 2.30. The van der Waals surface area contributed by atoms with Crippen molar-refractivity contribution in [3.05, 3.63) is 42.7 Å². The van der Waals surface area contributed by atoms with Gasteiger partial charge in [-0.15, -0.1) is 0 Å². The average Bonchev–Trinajstić information content (AvgIpc) is 2.29. The molecule has 2 aromatic rings. The van der Waals surface area contributed by atoms with Crippen LogP contribution in [0.4, 0.5) is 5.69 Å². The Bertz CT molecular complexity index is 631. The van der Waals surface area contributed by atoms with Crippen molar-refractivity contribution in [3.8, 4) is 11.1 Å². The van der Waals surface area contributed by atoms with Gasteiger partial charge in [0.05, 0.1) is 11.9 Å². The zero-order valence-corrected chi connectivity index (χ0v) is 10.4. The molecule has 0 aliphatic heterocycles. The van der Waals surface area contributed by atoms with Crippen LogP contribution in [0.2, 0.25) is 0 Å². The minimum absolute atomic E-state index is 0.632.